The molecule has 16 heavy (non-hydrogen) atoms. The van der Waals surface area contributed by atoms with Gasteiger partial charge in [0.05, 0.1) is 19.2 Å². The van der Waals surface area contributed by atoms with Crippen molar-refractivity contribution in [2.75, 3.05) is 19.8 Å². The minimum absolute atomic E-state index is 0.0467. The minimum atomic E-state index is 0.0467. The van der Waals surface area contributed by atoms with Crippen LogP contribution in [0.1, 0.15) is 18.2 Å². The van der Waals surface area contributed by atoms with Crippen LogP contribution in [0.25, 0.3) is 0 Å². The molecule has 0 spiro atoms. The van der Waals surface area contributed by atoms with E-state index in [-0.39, 0.29) is 18.1 Å². The summed E-state index contributed by atoms with van der Waals surface area (Å²) in [5.41, 5.74) is 1.18. The van der Waals surface area contributed by atoms with E-state index >= 15 is 0 Å². The van der Waals surface area contributed by atoms with Crippen LogP contribution >= 0.6 is 11.3 Å². The van der Waals surface area contributed by atoms with Crippen LogP contribution in [0, 0.1) is 0 Å². The Morgan fingerprint density at radius 3 is 3.19 bits per heavy atom. The van der Waals surface area contributed by atoms with Crippen molar-refractivity contribution < 1.29 is 9.53 Å². The number of rotatable bonds is 2. The summed E-state index contributed by atoms with van der Waals surface area (Å²) in [5, 5.41) is 7.40. The van der Waals surface area contributed by atoms with Crippen molar-refractivity contribution >= 4 is 17.2 Å². The van der Waals surface area contributed by atoms with Gasteiger partial charge in [0.2, 0.25) is 5.91 Å². The van der Waals surface area contributed by atoms with Gasteiger partial charge in [-0.05, 0) is 28.8 Å². The van der Waals surface area contributed by atoms with Gasteiger partial charge in [0.25, 0.3) is 0 Å². The number of carbonyl (C=O) groups excluding carboxylic acids is 1. The lowest BCUT2D eigenvalue weighted by atomic mass is 10.1. The number of nitrogens with one attached hydrogen (secondary N) is 1. The molecule has 2 aliphatic rings. The van der Waals surface area contributed by atoms with E-state index in [9.17, 15) is 4.79 Å². The van der Waals surface area contributed by atoms with E-state index in [1.165, 1.54) is 5.56 Å². The number of carbonyl (C=O) groups is 1. The van der Waals surface area contributed by atoms with Gasteiger partial charge in [0.1, 0.15) is 6.17 Å². The summed E-state index contributed by atoms with van der Waals surface area (Å²) in [7, 11) is 0. The molecule has 2 atom stereocenters. The summed E-state index contributed by atoms with van der Waals surface area (Å²) in [6.45, 7) is 1.88. The highest BCUT2D eigenvalue weighted by molar-refractivity contribution is 7.07. The number of ether oxygens (including phenoxy) is 1. The first-order valence-electron chi connectivity index (χ1n) is 5.50. The maximum atomic E-state index is 11.9. The Kier molecular flexibility index (Phi) is 2.67. The Labute approximate surface area is 98.2 Å². The molecule has 0 radical (unpaired) electrons. The first-order valence-corrected chi connectivity index (χ1v) is 6.45. The number of hydrogen-bond donors (Lipinski definition) is 1. The van der Waals surface area contributed by atoms with E-state index in [4.69, 9.17) is 4.74 Å². The molecule has 1 amide bonds. The van der Waals surface area contributed by atoms with Gasteiger partial charge in [-0.25, -0.2) is 0 Å². The predicted octanol–water partition coefficient (Wildman–Crippen LogP) is 0.967. The lowest BCUT2D eigenvalue weighted by Crippen LogP contribution is -2.39. The average Bonchev–Trinajstić information content (AvgIpc) is 2.96. The molecule has 0 aromatic carbocycles. The Hall–Kier alpha value is -0.910. The highest BCUT2D eigenvalue weighted by atomic mass is 32.1. The Morgan fingerprint density at radius 2 is 2.50 bits per heavy atom. The zero-order valence-corrected chi connectivity index (χ0v) is 9.70. The molecule has 1 N–H and O–H groups in total. The fraction of sp³-hybridized carbons (Fsp3) is 0.545. The smallest absolute Gasteiger partial charge is 0.238 e. The van der Waals surface area contributed by atoms with Gasteiger partial charge in [0.15, 0.2) is 0 Å². The van der Waals surface area contributed by atoms with Gasteiger partial charge < -0.3 is 9.64 Å². The van der Waals surface area contributed by atoms with Gasteiger partial charge >= 0.3 is 0 Å². The van der Waals surface area contributed by atoms with Crippen LogP contribution in [0.15, 0.2) is 16.8 Å². The van der Waals surface area contributed by atoms with Crippen molar-refractivity contribution in [2.45, 2.75) is 18.6 Å². The standard InChI is InChI=1S/C11H14N2O2S/c14-10-5-12-11(8-2-4-16-7-8)13(10)9-1-3-15-6-9/h2,4,7,9,11-12H,1,3,5-6H2. The van der Waals surface area contributed by atoms with Crippen LogP contribution in [0.2, 0.25) is 0 Å². The molecular weight excluding hydrogens is 224 g/mol. The van der Waals surface area contributed by atoms with E-state index in [1.807, 2.05) is 10.3 Å². The van der Waals surface area contributed by atoms with Crippen LogP contribution < -0.4 is 5.32 Å². The van der Waals surface area contributed by atoms with Crippen molar-refractivity contribution in [1.29, 1.82) is 0 Å². The molecule has 3 rings (SSSR count). The second kappa shape index (κ2) is 4.16. The van der Waals surface area contributed by atoms with E-state index in [0.29, 0.717) is 13.2 Å². The molecule has 2 saturated heterocycles. The largest absolute Gasteiger partial charge is 0.379 e. The first kappa shape index (κ1) is 10.3. The normalized spacial score (nSPS) is 30.2. The van der Waals surface area contributed by atoms with Crippen molar-refractivity contribution in [3.63, 3.8) is 0 Å². The van der Waals surface area contributed by atoms with Gasteiger partial charge in [0, 0.05) is 6.61 Å². The quantitative estimate of drug-likeness (QED) is 0.834. The molecule has 2 aliphatic heterocycles. The summed E-state index contributed by atoms with van der Waals surface area (Å²) in [5.74, 6) is 0.187. The molecule has 5 heteroatoms. The fourth-order valence-electron chi connectivity index (χ4n) is 2.38. The molecule has 86 valence electrons. The molecule has 0 saturated carbocycles. The zero-order chi connectivity index (χ0) is 11.0. The average molecular weight is 238 g/mol. The molecule has 1 aromatic heterocycles. The highest BCUT2D eigenvalue weighted by Crippen LogP contribution is 2.28. The predicted molar refractivity (Wildman–Crippen MR) is 61.1 cm³/mol. The van der Waals surface area contributed by atoms with E-state index in [1.54, 1.807) is 11.3 Å². The van der Waals surface area contributed by atoms with Crippen LogP contribution in [-0.4, -0.2) is 36.6 Å². The maximum Gasteiger partial charge on any atom is 0.238 e. The number of thiophene rings is 1. The topological polar surface area (TPSA) is 41.6 Å². The maximum absolute atomic E-state index is 11.9. The van der Waals surface area contributed by atoms with Crippen molar-refractivity contribution in [3.05, 3.63) is 22.4 Å². The summed E-state index contributed by atoms with van der Waals surface area (Å²) < 4.78 is 5.36. The summed E-state index contributed by atoms with van der Waals surface area (Å²) in [6.07, 6.45) is 0.999. The highest BCUT2D eigenvalue weighted by Gasteiger charge is 2.38. The second-order valence-electron chi connectivity index (χ2n) is 4.16. The van der Waals surface area contributed by atoms with Gasteiger partial charge in [-0.3, -0.25) is 10.1 Å². The van der Waals surface area contributed by atoms with Gasteiger partial charge in [-0.2, -0.15) is 11.3 Å². The van der Waals surface area contributed by atoms with Gasteiger partial charge in [-0.1, -0.05) is 0 Å². The molecule has 1 aromatic rings. The monoisotopic (exact) mass is 238 g/mol. The Bertz CT molecular complexity index is 373. The molecule has 2 fully saturated rings. The third-order valence-electron chi connectivity index (χ3n) is 3.17. The number of nitrogens with zero attached hydrogens (tertiary/aromatic N) is 1. The SMILES string of the molecule is O=C1CNC(c2ccsc2)N1C1CCOC1. The van der Waals surface area contributed by atoms with Crippen LogP contribution in [0.4, 0.5) is 0 Å². The fourth-order valence-corrected chi connectivity index (χ4v) is 3.06. The van der Waals surface area contributed by atoms with Crippen molar-refractivity contribution in [3.8, 4) is 0 Å². The lowest BCUT2D eigenvalue weighted by molar-refractivity contribution is -0.130. The minimum Gasteiger partial charge on any atom is -0.379 e. The molecule has 0 bridgehead atoms. The Morgan fingerprint density at radius 1 is 1.56 bits per heavy atom. The van der Waals surface area contributed by atoms with E-state index in [2.05, 4.69) is 16.8 Å². The van der Waals surface area contributed by atoms with Crippen LogP contribution in [-0.2, 0) is 9.53 Å². The Balaban J connectivity index is 1.84. The summed E-state index contributed by atoms with van der Waals surface area (Å²) in [4.78, 5) is 13.8. The number of amides is 1. The second-order valence-corrected chi connectivity index (χ2v) is 4.94. The third kappa shape index (κ3) is 1.65. The zero-order valence-electron chi connectivity index (χ0n) is 8.89. The third-order valence-corrected chi connectivity index (χ3v) is 3.87. The summed E-state index contributed by atoms with van der Waals surface area (Å²) >= 11 is 1.66. The van der Waals surface area contributed by atoms with Crippen LogP contribution in [0.5, 0.6) is 0 Å². The van der Waals surface area contributed by atoms with Crippen molar-refractivity contribution in [1.82, 2.24) is 10.2 Å². The molecule has 2 unspecified atom stereocenters. The van der Waals surface area contributed by atoms with Gasteiger partial charge in [-0.15, -0.1) is 0 Å². The molecule has 0 aliphatic carbocycles. The lowest BCUT2D eigenvalue weighted by Gasteiger charge is -2.28. The first-order chi connectivity index (χ1) is 7.86. The van der Waals surface area contributed by atoms with Crippen molar-refractivity contribution in [2.24, 2.45) is 0 Å². The summed E-state index contributed by atoms with van der Waals surface area (Å²) in [6, 6.07) is 2.32. The van der Waals surface area contributed by atoms with E-state index < -0.39 is 0 Å². The molecule has 3 heterocycles. The molecular formula is C11H14N2O2S. The van der Waals surface area contributed by atoms with Crippen LogP contribution in [0.3, 0.4) is 0 Å². The van der Waals surface area contributed by atoms with E-state index in [0.717, 1.165) is 13.0 Å². The number of hydrogen-bond acceptors (Lipinski definition) is 4. The molecule has 4 nitrogen and oxygen atoms in total.